The van der Waals surface area contributed by atoms with Crippen LogP contribution in [0.15, 0.2) is 0 Å². The van der Waals surface area contributed by atoms with Crippen molar-refractivity contribution in [2.45, 2.75) is 39.7 Å². The second kappa shape index (κ2) is 4.21. The molecule has 1 aromatic rings. The van der Waals surface area contributed by atoms with E-state index >= 15 is 0 Å². The van der Waals surface area contributed by atoms with Crippen molar-refractivity contribution in [1.82, 2.24) is 15.0 Å². The zero-order valence-corrected chi connectivity index (χ0v) is 9.07. The first-order valence-electron chi connectivity index (χ1n) is 4.77. The molecule has 1 heterocycles. The Balaban J connectivity index is 2.95. The Labute approximate surface area is 84.2 Å². The van der Waals surface area contributed by atoms with E-state index in [1.165, 1.54) is 0 Å². The van der Waals surface area contributed by atoms with Gasteiger partial charge >= 0.3 is 0 Å². The highest BCUT2D eigenvalue weighted by atomic mass is 15.2. The number of rotatable bonds is 3. The molecule has 0 bridgehead atoms. The molecular weight excluding hydrogens is 178 g/mol. The lowest BCUT2D eigenvalue weighted by Gasteiger charge is -2.10. The van der Waals surface area contributed by atoms with E-state index in [2.05, 4.69) is 20.3 Å². The van der Waals surface area contributed by atoms with E-state index in [1.807, 2.05) is 27.7 Å². The molecule has 0 spiro atoms. The van der Waals surface area contributed by atoms with E-state index in [4.69, 9.17) is 5.73 Å². The molecule has 1 aromatic heterocycles. The normalized spacial score (nSPS) is 11.0. The second-order valence-corrected chi connectivity index (χ2v) is 3.83. The molecule has 0 saturated heterocycles. The Morgan fingerprint density at radius 2 is 1.71 bits per heavy atom. The fourth-order valence-corrected chi connectivity index (χ4v) is 0.990. The highest BCUT2D eigenvalue weighted by Gasteiger charge is 2.07. The first kappa shape index (κ1) is 10.7. The molecule has 1 rings (SSSR count). The van der Waals surface area contributed by atoms with Crippen LogP contribution >= 0.6 is 0 Å². The minimum Gasteiger partial charge on any atom is -0.368 e. The summed E-state index contributed by atoms with van der Waals surface area (Å²) in [5, 5.41) is 3.10. The summed E-state index contributed by atoms with van der Waals surface area (Å²) >= 11 is 0. The van der Waals surface area contributed by atoms with Gasteiger partial charge in [0.15, 0.2) is 0 Å². The molecule has 78 valence electrons. The third kappa shape index (κ3) is 2.83. The molecule has 0 fully saturated rings. The molecule has 0 unspecified atom stereocenters. The first-order chi connectivity index (χ1) is 6.49. The zero-order chi connectivity index (χ0) is 10.7. The number of hydrogen-bond acceptors (Lipinski definition) is 5. The minimum atomic E-state index is 0.257. The summed E-state index contributed by atoms with van der Waals surface area (Å²) in [6.45, 7) is 8.09. The molecule has 0 amide bonds. The largest absolute Gasteiger partial charge is 0.368 e. The monoisotopic (exact) mass is 195 g/mol. The molecule has 0 radical (unpaired) electrons. The van der Waals surface area contributed by atoms with Crippen LogP contribution in [0.2, 0.25) is 0 Å². The fraction of sp³-hybridized carbons (Fsp3) is 0.667. The number of hydrogen-bond donors (Lipinski definition) is 2. The minimum absolute atomic E-state index is 0.257. The van der Waals surface area contributed by atoms with Crippen LogP contribution in [0.1, 0.15) is 39.4 Å². The van der Waals surface area contributed by atoms with Gasteiger partial charge in [-0.15, -0.1) is 0 Å². The van der Waals surface area contributed by atoms with E-state index in [0.29, 0.717) is 5.95 Å². The third-order valence-electron chi connectivity index (χ3n) is 1.60. The average Bonchev–Trinajstić information content (AvgIpc) is 2.01. The predicted octanol–water partition coefficient (Wildman–Crippen LogP) is 1.40. The Hall–Kier alpha value is -1.39. The van der Waals surface area contributed by atoms with Gasteiger partial charge in [0.2, 0.25) is 11.9 Å². The SMILES string of the molecule is CC(C)Nc1nc(N)nc(C(C)C)n1. The maximum absolute atomic E-state index is 5.57. The van der Waals surface area contributed by atoms with E-state index in [1.54, 1.807) is 0 Å². The maximum atomic E-state index is 5.57. The van der Waals surface area contributed by atoms with Gasteiger partial charge in [-0.1, -0.05) is 13.8 Å². The van der Waals surface area contributed by atoms with Crippen molar-refractivity contribution in [3.8, 4) is 0 Å². The third-order valence-corrected chi connectivity index (χ3v) is 1.60. The van der Waals surface area contributed by atoms with Crippen LogP contribution in [-0.4, -0.2) is 21.0 Å². The van der Waals surface area contributed by atoms with Crippen LogP contribution in [0.3, 0.4) is 0 Å². The summed E-state index contributed by atoms with van der Waals surface area (Å²) in [5.74, 6) is 1.80. The summed E-state index contributed by atoms with van der Waals surface area (Å²) in [5.41, 5.74) is 5.57. The Morgan fingerprint density at radius 3 is 2.21 bits per heavy atom. The van der Waals surface area contributed by atoms with Gasteiger partial charge in [0.1, 0.15) is 5.82 Å². The molecule has 0 atom stereocenters. The number of nitrogens with zero attached hydrogens (tertiary/aromatic N) is 3. The first-order valence-corrected chi connectivity index (χ1v) is 4.77. The molecular formula is C9H17N5. The summed E-state index contributed by atoms with van der Waals surface area (Å²) in [6, 6.07) is 0.289. The van der Waals surface area contributed by atoms with E-state index in [9.17, 15) is 0 Å². The van der Waals surface area contributed by atoms with Gasteiger partial charge in [0.25, 0.3) is 0 Å². The molecule has 0 aromatic carbocycles. The van der Waals surface area contributed by atoms with Gasteiger partial charge in [0, 0.05) is 12.0 Å². The highest BCUT2D eigenvalue weighted by molar-refractivity contribution is 5.32. The van der Waals surface area contributed by atoms with Gasteiger partial charge in [-0.3, -0.25) is 0 Å². The van der Waals surface area contributed by atoms with E-state index in [-0.39, 0.29) is 17.9 Å². The fourth-order valence-electron chi connectivity index (χ4n) is 0.990. The lowest BCUT2D eigenvalue weighted by molar-refractivity contribution is 0.757. The number of nitrogen functional groups attached to an aromatic ring is 1. The van der Waals surface area contributed by atoms with Crippen LogP contribution in [0.4, 0.5) is 11.9 Å². The molecule has 3 N–H and O–H groups in total. The lowest BCUT2D eigenvalue weighted by Crippen LogP contribution is -2.15. The molecule has 5 nitrogen and oxygen atoms in total. The Bertz CT molecular complexity index is 308. The molecule has 0 aliphatic rings. The summed E-state index contributed by atoms with van der Waals surface area (Å²) in [4.78, 5) is 12.3. The summed E-state index contributed by atoms with van der Waals surface area (Å²) < 4.78 is 0. The standard InChI is InChI=1S/C9H17N5/c1-5(2)7-12-8(10)14-9(13-7)11-6(3)4/h5-6H,1-4H3,(H3,10,11,12,13,14). The number of aromatic nitrogens is 3. The summed E-state index contributed by atoms with van der Waals surface area (Å²) in [6.07, 6.45) is 0. The van der Waals surface area contributed by atoms with Crippen LogP contribution in [0.25, 0.3) is 0 Å². The molecule has 0 saturated carbocycles. The van der Waals surface area contributed by atoms with Crippen molar-refractivity contribution in [1.29, 1.82) is 0 Å². The van der Waals surface area contributed by atoms with Gasteiger partial charge in [0.05, 0.1) is 0 Å². The Kier molecular flexibility index (Phi) is 3.22. The van der Waals surface area contributed by atoms with Crippen molar-refractivity contribution < 1.29 is 0 Å². The van der Waals surface area contributed by atoms with E-state index in [0.717, 1.165) is 5.82 Å². The van der Waals surface area contributed by atoms with Gasteiger partial charge in [-0.25, -0.2) is 0 Å². The average molecular weight is 195 g/mol. The van der Waals surface area contributed by atoms with Gasteiger partial charge in [-0.05, 0) is 13.8 Å². The van der Waals surface area contributed by atoms with Crippen molar-refractivity contribution in [3.05, 3.63) is 5.82 Å². The number of anilines is 2. The van der Waals surface area contributed by atoms with Crippen molar-refractivity contribution in [2.75, 3.05) is 11.1 Å². The molecule has 0 aliphatic heterocycles. The van der Waals surface area contributed by atoms with Crippen molar-refractivity contribution in [3.63, 3.8) is 0 Å². The van der Waals surface area contributed by atoms with Crippen LogP contribution in [0.5, 0.6) is 0 Å². The number of nitrogens with two attached hydrogens (primary N) is 1. The zero-order valence-electron chi connectivity index (χ0n) is 9.07. The molecule has 5 heteroatoms. The predicted molar refractivity (Wildman–Crippen MR) is 57.1 cm³/mol. The quantitative estimate of drug-likeness (QED) is 0.762. The van der Waals surface area contributed by atoms with Crippen LogP contribution in [0, 0.1) is 0 Å². The molecule has 14 heavy (non-hydrogen) atoms. The maximum Gasteiger partial charge on any atom is 0.227 e. The van der Waals surface area contributed by atoms with Gasteiger partial charge in [-0.2, -0.15) is 15.0 Å². The van der Waals surface area contributed by atoms with E-state index < -0.39 is 0 Å². The second-order valence-electron chi connectivity index (χ2n) is 3.83. The van der Waals surface area contributed by atoms with Crippen molar-refractivity contribution >= 4 is 11.9 Å². The smallest absolute Gasteiger partial charge is 0.227 e. The summed E-state index contributed by atoms with van der Waals surface area (Å²) in [7, 11) is 0. The Morgan fingerprint density at radius 1 is 1.07 bits per heavy atom. The topological polar surface area (TPSA) is 76.7 Å². The van der Waals surface area contributed by atoms with Crippen molar-refractivity contribution in [2.24, 2.45) is 0 Å². The van der Waals surface area contributed by atoms with Crippen LogP contribution in [-0.2, 0) is 0 Å². The van der Waals surface area contributed by atoms with Gasteiger partial charge < -0.3 is 11.1 Å². The van der Waals surface area contributed by atoms with Crippen LogP contribution < -0.4 is 11.1 Å². The molecule has 0 aliphatic carbocycles. The lowest BCUT2D eigenvalue weighted by atomic mass is 10.2. The number of nitrogens with one attached hydrogen (secondary N) is 1. The highest BCUT2D eigenvalue weighted by Crippen LogP contribution is 2.12.